The Morgan fingerprint density at radius 3 is 2.50 bits per heavy atom. The number of amides is 3. The van der Waals surface area contributed by atoms with Gasteiger partial charge in [-0.3, -0.25) is 19.8 Å². The Morgan fingerprint density at radius 2 is 1.88 bits per heavy atom. The first-order valence-electron chi connectivity index (χ1n) is 10.6. The van der Waals surface area contributed by atoms with Crippen molar-refractivity contribution in [1.29, 1.82) is 0 Å². The molecular formula is C21H30N8O3. The van der Waals surface area contributed by atoms with Crippen molar-refractivity contribution in [2.24, 2.45) is 7.05 Å². The molecule has 0 spiro atoms. The normalized spacial score (nSPS) is 14.2. The Hall–Kier alpha value is -3.47. The first-order chi connectivity index (χ1) is 15.3. The second-order valence-corrected chi connectivity index (χ2v) is 7.61. The van der Waals surface area contributed by atoms with Crippen molar-refractivity contribution in [3.8, 4) is 0 Å². The van der Waals surface area contributed by atoms with Crippen molar-refractivity contribution in [3.63, 3.8) is 0 Å². The van der Waals surface area contributed by atoms with Crippen molar-refractivity contribution in [3.05, 3.63) is 45.5 Å². The minimum absolute atomic E-state index is 0.182. The molecule has 0 aliphatic carbocycles. The summed E-state index contributed by atoms with van der Waals surface area (Å²) in [6.45, 7) is 7.78. The predicted molar refractivity (Wildman–Crippen MR) is 122 cm³/mol. The second kappa shape index (κ2) is 10.2. The van der Waals surface area contributed by atoms with E-state index in [0.29, 0.717) is 30.2 Å². The molecule has 3 heterocycles. The van der Waals surface area contributed by atoms with Gasteiger partial charge in [0.2, 0.25) is 0 Å². The van der Waals surface area contributed by atoms with Crippen LogP contribution in [0.2, 0.25) is 0 Å². The van der Waals surface area contributed by atoms with Gasteiger partial charge < -0.3 is 15.5 Å². The average Bonchev–Trinajstić information content (AvgIpc) is 2.77. The van der Waals surface area contributed by atoms with Crippen LogP contribution in [0.1, 0.15) is 28.7 Å². The third-order valence-electron chi connectivity index (χ3n) is 5.34. The molecule has 1 aliphatic heterocycles. The molecule has 0 saturated carbocycles. The molecule has 1 fully saturated rings. The summed E-state index contributed by atoms with van der Waals surface area (Å²) in [5.41, 5.74) is 2.61. The lowest BCUT2D eigenvalue weighted by Gasteiger charge is -2.36. The van der Waals surface area contributed by atoms with Gasteiger partial charge in [0.25, 0.3) is 11.5 Å². The fraction of sp³-hybridized carbons (Fsp3) is 0.476. The molecule has 11 nitrogen and oxygen atoms in total. The molecule has 3 N–H and O–H groups in total. The summed E-state index contributed by atoms with van der Waals surface area (Å²) >= 11 is 0. The number of pyridine rings is 1. The SMILES string of the molecule is CCNC(=O)Nc1cc(CN2CCN(c3ccc(C(=O)NC)nc3C)CC2)c(=O)n(C)n1. The molecule has 3 rings (SSSR count). The minimum Gasteiger partial charge on any atom is -0.368 e. The fourth-order valence-corrected chi connectivity index (χ4v) is 3.70. The average molecular weight is 443 g/mol. The van der Waals surface area contributed by atoms with E-state index >= 15 is 0 Å². The lowest BCUT2D eigenvalue weighted by atomic mass is 10.2. The lowest BCUT2D eigenvalue weighted by molar-refractivity contribution is 0.0958. The highest BCUT2D eigenvalue weighted by Crippen LogP contribution is 2.21. The van der Waals surface area contributed by atoms with E-state index in [1.54, 1.807) is 26.2 Å². The number of anilines is 2. The van der Waals surface area contributed by atoms with Crippen molar-refractivity contribution >= 4 is 23.4 Å². The molecule has 3 amide bonds. The fourth-order valence-electron chi connectivity index (χ4n) is 3.70. The maximum absolute atomic E-state index is 12.5. The number of hydrogen-bond donors (Lipinski definition) is 3. The van der Waals surface area contributed by atoms with E-state index < -0.39 is 0 Å². The first-order valence-corrected chi connectivity index (χ1v) is 10.6. The number of piperazine rings is 1. The summed E-state index contributed by atoms with van der Waals surface area (Å²) in [6.07, 6.45) is 0. The van der Waals surface area contributed by atoms with Gasteiger partial charge >= 0.3 is 6.03 Å². The van der Waals surface area contributed by atoms with Gasteiger partial charge in [0.05, 0.1) is 11.4 Å². The van der Waals surface area contributed by atoms with E-state index in [9.17, 15) is 14.4 Å². The molecule has 1 saturated heterocycles. The zero-order chi connectivity index (χ0) is 23.3. The molecular weight excluding hydrogens is 412 g/mol. The molecule has 2 aromatic heterocycles. The number of carbonyl (C=O) groups is 2. The standard InChI is InChI=1S/C21H30N8O3/c1-5-23-21(32)25-18-12-15(20(31)27(4)26-18)13-28-8-10-29(11-9-28)17-7-6-16(19(30)22-3)24-14(17)2/h6-7,12H,5,8-11,13H2,1-4H3,(H,22,30)(H2,23,25,26,32). The Morgan fingerprint density at radius 1 is 1.16 bits per heavy atom. The van der Waals surface area contributed by atoms with Crippen LogP contribution in [0.25, 0.3) is 0 Å². The zero-order valence-corrected chi connectivity index (χ0v) is 18.9. The van der Waals surface area contributed by atoms with E-state index in [2.05, 4.69) is 35.8 Å². The van der Waals surface area contributed by atoms with Gasteiger partial charge in [-0.25, -0.2) is 14.5 Å². The number of nitrogens with one attached hydrogen (secondary N) is 3. The molecule has 0 atom stereocenters. The summed E-state index contributed by atoms with van der Waals surface area (Å²) in [4.78, 5) is 45.0. The molecule has 0 unspecified atom stereocenters. The predicted octanol–water partition coefficient (Wildman–Crippen LogP) is 0.307. The minimum atomic E-state index is -0.357. The number of aryl methyl sites for hydroxylation is 2. The van der Waals surface area contributed by atoms with Crippen LogP contribution in [0.3, 0.4) is 0 Å². The quantitative estimate of drug-likeness (QED) is 0.588. The maximum atomic E-state index is 12.5. The maximum Gasteiger partial charge on any atom is 0.320 e. The van der Waals surface area contributed by atoms with Crippen LogP contribution in [0.4, 0.5) is 16.3 Å². The second-order valence-electron chi connectivity index (χ2n) is 7.61. The number of hydrogen-bond acceptors (Lipinski definition) is 7. The Kier molecular flexibility index (Phi) is 7.41. The Labute approximate surface area is 186 Å². The van der Waals surface area contributed by atoms with E-state index in [1.165, 1.54) is 4.68 Å². The molecule has 11 heteroatoms. The summed E-state index contributed by atoms with van der Waals surface area (Å²) in [5, 5.41) is 12.0. The molecule has 0 bridgehead atoms. The van der Waals surface area contributed by atoms with Gasteiger partial charge in [-0.15, -0.1) is 0 Å². The third kappa shape index (κ3) is 5.41. The Balaban J connectivity index is 1.65. The molecule has 0 radical (unpaired) electrons. The number of nitrogens with zero attached hydrogens (tertiary/aromatic N) is 5. The number of rotatable bonds is 6. The van der Waals surface area contributed by atoms with Gasteiger partial charge in [-0.05, 0) is 32.0 Å². The first kappa shape index (κ1) is 23.2. The van der Waals surface area contributed by atoms with Crippen molar-refractivity contribution in [1.82, 2.24) is 30.3 Å². The van der Waals surface area contributed by atoms with Crippen LogP contribution in [0, 0.1) is 6.92 Å². The highest BCUT2D eigenvalue weighted by molar-refractivity contribution is 5.92. The molecule has 2 aromatic rings. The van der Waals surface area contributed by atoms with Crippen LogP contribution in [0.15, 0.2) is 23.0 Å². The van der Waals surface area contributed by atoms with Crippen molar-refractivity contribution < 1.29 is 9.59 Å². The molecule has 172 valence electrons. The highest BCUT2D eigenvalue weighted by atomic mass is 16.2. The highest BCUT2D eigenvalue weighted by Gasteiger charge is 2.21. The van der Waals surface area contributed by atoms with Crippen LogP contribution in [0.5, 0.6) is 0 Å². The van der Waals surface area contributed by atoms with Gasteiger partial charge in [-0.2, -0.15) is 5.10 Å². The van der Waals surface area contributed by atoms with E-state index in [1.807, 2.05) is 19.9 Å². The third-order valence-corrected chi connectivity index (χ3v) is 5.34. The smallest absolute Gasteiger partial charge is 0.320 e. The summed E-state index contributed by atoms with van der Waals surface area (Å²) in [6, 6.07) is 4.94. The molecule has 1 aliphatic rings. The van der Waals surface area contributed by atoms with Gasteiger partial charge in [0.1, 0.15) is 5.69 Å². The van der Waals surface area contributed by atoms with Gasteiger partial charge in [-0.1, -0.05) is 0 Å². The summed E-state index contributed by atoms with van der Waals surface area (Å²) in [5.74, 6) is 0.133. The van der Waals surface area contributed by atoms with Crippen molar-refractivity contribution in [2.75, 3.05) is 50.0 Å². The molecule has 0 aromatic carbocycles. The van der Waals surface area contributed by atoms with Crippen LogP contribution < -0.4 is 26.4 Å². The van der Waals surface area contributed by atoms with E-state index in [4.69, 9.17) is 0 Å². The van der Waals surface area contributed by atoms with Gasteiger partial charge in [0, 0.05) is 58.9 Å². The number of aromatic nitrogens is 3. The molecule has 32 heavy (non-hydrogen) atoms. The summed E-state index contributed by atoms with van der Waals surface area (Å²) in [7, 11) is 3.16. The van der Waals surface area contributed by atoms with Crippen LogP contribution >= 0.6 is 0 Å². The number of carbonyl (C=O) groups excluding carboxylic acids is 2. The van der Waals surface area contributed by atoms with Crippen LogP contribution in [-0.2, 0) is 13.6 Å². The topological polar surface area (TPSA) is 124 Å². The Bertz CT molecular complexity index is 1040. The zero-order valence-electron chi connectivity index (χ0n) is 18.9. The number of urea groups is 1. The van der Waals surface area contributed by atoms with E-state index in [-0.39, 0.29) is 17.5 Å². The van der Waals surface area contributed by atoms with E-state index in [0.717, 1.165) is 37.6 Å². The van der Waals surface area contributed by atoms with Gasteiger partial charge in [0.15, 0.2) is 5.82 Å². The van der Waals surface area contributed by atoms with Crippen molar-refractivity contribution in [2.45, 2.75) is 20.4 Å². The largest absolute Gasteiger partial charge is 0.368 e. The monoisotopic (exact) mass is 442 g/mol. The van der Waals surface area contributed by atoms with Crippen LogP contribution in [-0.4, -0.2) is 71.4 Å². The lowest BCUT2D eigenvalue weighted by Crippen LogP contribution is -2.47. The summed E-state index contributed by atoms with van der Waals surface area (Å²) < 4.78 is 1.25.